The Morgan fingerprint density at radius 3 is 2.76 bits per heavy atom. The molecule has 3 rings (SSSR count). The van der Waals surface area contributed by atoms with Gasteiger partial charge in [0.2, 0.25) is 17.6 Å². The molecule has 152 valence electrons. The van der Waals surface area contributed by atoms with Crippen molar-refractivity contribution in [3.63, 3.8) is 0 Å². The number of aryl methyl sites for hydroxylation is 1. The van der Waals surface area contributed by atoms with Crippen LogP contribution >= 0.6 is 27.7 Å². The van der Waals surface area contributed by atoms with Gasteiger partial charge < -0.3 is 9.84 Å². The summed E-state index contributed by atoms with van der Waals surface area (Å²) < 4.78 is 44.3. The molecule has 29 heavy (non-hydrogen) atoms. The number of anilines is 1. The van der Waals surface area contributed by atoms with Gasteiger partial charge in [-0.25, -0.2) is 0 Å². The van der Waals surface area contributed by atoms with E-state index >= 15 is 0 Å². The molecule has 0 radical (unpaired) electrons. The average molecular weight is 486 g/mol. The Bertz CT molecular complexity index is 1020. The van der Waals surface area contributed by atoms with Gasteiger partial charge in [-0.15, -0.1) is 11.8 Å². The molecule has 0 saturated carbocycles. The van der Waals surface area contributed by atoms with Crippen LogP contribution in [0.2, 0.25) is 0 Å². The Morgan fingerprint density at radius 2 is 2.03 bits per heavy atom. The third-order valence-corrected chi connectivity index (χ3v) is 5.35. The van der Waals surface area contributed by atoms with Gasteiger partial charge in [-0.2, -0.15) is 18.2 Å². The van der Waals surface area contributed by atoms with Crippen LogP contribution in [0.1, 0.15) is 17.0 Å². The standard InChI is InChI=1S/C19H15BrF3N3O2S/c1-11-5-6-15(14(20)7-11)24-16(27)9-29-10-17-25-18(26-28-17)12-3-2-4-13(8-12)19(21,22)23/h2-8H,9-10H2,1H3,(H,24,27). The van der Waals surface area contributed by atoms with Gasteiger partial charge in [0.25, 0.3) is 0 Å². The lowest BCUT2D eigenvalue weighted by molar-refractivity contribution is -0.137. The Kier molecular flexibility index (Phi) is 6.63. The number of hydrogen-bond acceptors (Lipinski definition) is 5. The average Bonchev–Trinajstić information content (AvgIpc) is 3.12. The van der Waals surface area contributed by atoms with E-state index in [1.165, 1.54) is 23.9 Å². The van der Waals surface area contributed by atoms with E-state index < -0.39 is 11.7 Å². The number of amides is 1. The van der Waals surface area contributed by atoms with Crippen molar-refractivity contribution >= 4 is 39.3 Å². The van der Waals surface area contributed by atoms with Gasteiger partial charge in [0.15, 0.2) is 0 Å². The van der Waals surface area contributed by atoms with Gasteiger partial charge >= 0.3 is 6.18 Å². The number of nitrogens with zero attached hydrogens (tertiary/aromatic N) is 2. The summed E-state index contributed by atoms with van der Waals surface area (Å²) in [6, 6.07) is 10.3. The van der Waals surface area contributed by atoms with E-state index in [0.717, 1.165) is 22.2 Å². The number of hydrogen-bond donors (Lipinski definition) is 1. The van der Waals surface area contributed by atoms with E-state index in [-0.39, 0.29) is 34.7 Å². The molecule has 0 fully saturated rings. The summed E-state index contributed by atoms with van der Waals surface area (Å²) in [6.45, 7) is 1.95. The molecule has 0 aliphatic rings. The highest BCUT2D eigenvalue weighted by molar-refractivity contribution is 9.10. The minimum atomic E-state index is -4.45. The third kappa shape index (κ3) is 5.83. The number of rotatable bonds is 6. The lowest BCUT2D eigenvalue weighted by Gasteiger charge is -2.07. The largest absolute Gasteiger partial charge is 0.416 e. The zero-order valence-corrected chi connectivity index (χ0v) is 17.5. The molecule has 1 amide bonds. The van der Waals surface area contributed by atoms with Crippen LogP contribution in [0.25, 0.3) is 11.4 Å². The second-order valence-electron chi connectivity index (χ2n) is 6.11. The number of carbonyl (C=O) groups excluding carboxylic acids is 1. The van der Waals surface area contributed by atoms with Crippen LogP contribution in [-0.2, 0) is 16.7 Å². The maximum absolute atomic E-state index is 12.8. The Morgan fingerprint density at radius 1 is 1.24 bits per heavy atom. The Balaban J connectivity index is 1.55. The van der Waals surface area contributed by atoms with Crippen molar-refractivity contribution in [3.8, 4) is 11.4 Å². The smallest absolute Gasteiger partial charge is 0.338 e. The fourth-order valence-electron chi connectivity index (χ4n) is 2.40. The molecule has 0 atom stereocenters. The van der Waals surface area contributed by atoms with E-state index in [4.69, 9.17) is 4.52 Å². The van der Waals surface area contributed by atoms with Crippen molar-refractivity contribution in [1.29, 1.82) is 0 Å². The minimum Gasteiger partial charge on any atom is -0.338 e. The fourth-order valence-corrected chi connectivity index (χ4v) is 3.65. The maximum atomic E-state index is 12.8. The van der Waals surface area contributed by atoms with E-state index in [2.05, 4.69) is 31.4 Å². The predicted molar refractivity (Wildman–Crippen MR) is 108 cm³/mol. The lowest BCUT2D eigenvalue weighted by Crippen LogP contribution is -2.14. The molecule has 2 aromatic carbocycles. The maximum Gasteiger partial charge on any atom is 0.416 e. The van der Waals surface area contributed by atoms with E-state index in [9.17, 15) is 18.0 Å². The van der Waals surface area contributed by atoms with Gasteiger partial charge in [-0.3, -0.25) is 4.79 Å². The first kappa shape index (κ1) is 21.4. The summed E-state index contributed by atoms with van der Waals surface area (Å²) >= 11 is 4.65. The van der Waals surface area contributed by atoms with Crippen LogP contribution in [0.4, 0.5) is 18.9 Å². The minimum absolute atomic E-state index is 0.0692. The van der Waals surface area contributed by atoms with Gasteiger partial charge in [0, 0.05) is 10.0 Å². The summed E-state index contributed by atoms with van der Waals surface area (Å²) in [4.78, 5) is 16.2. The van der Waals surface area contributed by atoms with E-state index in [1.807, 2.05) is 19.1 Å². The molecule has 10 heteroatoms. The number of thioether (sulfide) groups is 1. The summed E-state index contributed by atoms with van der Waals surface area (Å²) in [5.41, 5.74) is 1.17. The van der Waals surface area contributed by atoms with E-state index in [1.54, 1.807) is 6.07 Å². The van der Waals surface area contributed by atoms with E-state index in [0.29, 0.717) is 5.69 Å². The Hall–Kier alpha value is -2.33. The molecule has 1 aromatic heterocycles. The Labute approximate surface area is 177 Å². The zero-order valence-electron chi connectivity index (χ0n) is 15.1. The first-order valence-electron chi connectivity index (χ1n) is 8.36. The monoisotopic (exact) mass is 485 g/mol. The lowest BCUT2D eigenvalue weighted by atomic mass is 10.1. The van der Waals surface area contributed by atoms with Crippen LogP contribution in [0.3, 0.4) is 0 Å². The van der Waals surface area contributed by atoms with Crippen molar-refractivity contribution in [3.05, 3.63) is 64.0 Å². The van der Waals surface area contributed by atoms with Crippen molar-refractivity contribution in [2.45, 2.75) is 18.9 Å². The molecule has 0 unspecified atom stereocenters. The van der Waals surface area contributed by atoms with Crippen molar-refractivity contribution < 1.29 is 22.5 Å². The number of carbonyl (C=O) groups is 1. The normalized spacial score (nSPS) is 11.5. The highest BCUT2D eigenvalue weighted by Crippen LogP contribution is 2.31. The second-order valence-corrected chi connectivity index (χ2v) is 7.95. The zero-order chi connectivity index (χ0) is 21.0. The molecular formula is C19H15BrF3N3O2S. The van der Waals surface area contributed by atoms with Gasteiger partial charge in [0.1, 0.15) is 0 Å². The molecule has 3 aromatic rings. The molecule has 0 saturated heterocycles. The number of alkyl halides is 3. The van der Waals surface area contributed by atoms with Gasteiger partial charge in [0.05, 0.1) is 22.8 Å². The fraction of sp³-hybridized carbons (Fsp3) is 0.211. The molecule has 0 spiro atoms. The van der Waals surface area contributed by atoms with Gasteiger partial charge in [-0.05, 0) is 52.7 Å². The summed E-state index contributed by atoms with van der Waals surface area (Å²) in [5, 5.41) is 6.52. The van der Waals surface area contributed by atoms with Crippen molar-refractivity contribution in [2.75, 3.05) is 11.1 Å². The number of aromatic nitrogens is 2. The molecule has 1 heterocycles. The first-order chi connectivity index (χ1) is 13.7. The van der Waals surface area contributed by atoms with Gasteiger partial charge in [-0.1, -0.05) is 23.4 Å². The summed E-state index contributed by atoms with van der Waals surface area (Å²) in [6.07, 6.45) is -4.45. The number of halogens is 4. The summed E-state index contributed by atoms with van der Waals surface area (Å²) in [5.74, 6) is 0.513. The van der Waals surface area contributed by atoms with Crippen molar-refractivity contribution in [2.24, 2.45) is 0 Å². The third-order valence-electron chi connectivity index (χ3n) is 3.77. The van der Waals surface area contributed by atoms with Crippen LogP contribution in [0.5, 0.6) is 0 Å². The second kappa shape index (κ2) is 9.00. The highest BCUT2D eigenvalue weighted by atomic mass is 79.9. The topological polar surface area (TPSA) is 68.0 Å². The van der Waals surface area contributed by atoms with Crippen LogP contribution in [-0.4, -0.2) is 21.8 Å². The molecule has 0 bridgehead atoms. The molecule has 0 aliphatic carbocycles. The molecule has 5 nitrogen and oxygen atoms in total. The van der Waals surface area contributed by atoms with Crippen molar-refractivity contribution in [1.82, 2.24) is 10.1 Å². The summed E-state index contributed by atoms with van der Waals surface area (Å²) in [7, 11) is 0. The number of benzene rings is 2. The SMILES string of the molecule is Cc1ccc(NC(=O)CSCc2nc(-c3cccc(C(F)(F)F)c3)no2)c(Br)c1. The molecular weight excluding hydrogens is 471 g/mol. The predicted octanol–water partition coefficient (Wildman–Crippen LogP) is 5.70. The van der Waals surface area contributed by atoms with Crippen LogP contribution in [0.15, 0.2) is 51.5 Å². The van der Waals surface area contributed by atoms with Crippen LogP contribution in [0, 0.1) is 6.92 Å². The first-order valence-corrected chi connectivity index (χ1v) is 10.3. The quantitative estimate of drug-likeness (QED) is 0.485. The molecule has 0 aliphatic heterocycles. The highest BCUT2D eigenvalue weighted by Gasteiger charge is 2.30. The number of nitrogens with one attached hydrogen (secondary N) is 1. The molecule has 1 N–H and O–H groups in total. The van der Waals surface area contributed by atoms with Crippen LogP contribution < -0.4 is 5.32 Å².